The van der Waals surface area contributed by atoms with Crippen molar-refractivity contribution in [1.82, 2.24) is 5.16 Å². The van der Waals surface area contributed by atoms with Crippen molar-refractivity contribution in [3.63, 3.8) is 0 Å². The number of hydrogen-bond donors (Lipinski definition) is 1. The van der Waals surface area contributed by atoms with Crippen LogP contribution in [0.1, 0.15) is 23.7 Å². The predicted molar refractivity (Wildman–Crippen MR) is 64.1 cm³/mol. The first kappa shape index (κ1) is 10.7. The van der Waals surface area contributed by atoms with Gasteiger partial charge in [-0.3, -0.25) is 0 Å². The third kappa shape index (κ3) is 2.63. The van der Waals surface area contributed by atoms with Crippen molar-refractivity contribution < 1.29 is 4.52 Å². The maximum absolute atomic E-state index is 5.46. The van der Waals surface area contributed by atoms with E-state index in [-0.39, 0.29) is 0 Å². The molecule has 1 aromatic heterocycles. The Kier molecular flexibility index (Phi) is 3.25. The summed E-state index contributed by atoms with van der Waals surface area (Å²) in [5.41, 5.74) is 9.06. The second-order valence-corrected chi connectivity index (χ2v) is 3.89. The molecule has 0 spiro atoms. The minimum atomic E-state index is 0.385. The Morgan fingerprint density at radius 2 is 1.81 bits per heavy atom. The van der Waals surface area contributed by atoms with Gasteiger partial charge in [-0.15, -0.1) is 0 Å². The lowest BCUT2D eigenvalue weighted by molar-refractivity contribution is 0.427. The summed E-state index contributed by atoms with van der Waals surface area (Å²) in [6.45, 7) is 2.16. The monoisotopic (exact) mass is 216 g/mol. The van der Waals surface area contributed by atoms with Crippen LogP contribution in [0.4, 0.5) is 5.88 Å². The number of aromatic nitrogens is 1. The van der Waals surface area contributed by atoms with Crippen LogP contribution in [0.25, 0.3) is 0 Å². The maximum Gasteiger partial charge on any atom is 0.222 e. The molecule has 16 heavy (non-hydrogen) atoms. The molecule has 0 amide bonds. The summed E-state index contributed by atoms with van der Waals surface area (Å²) in [5, 5.41) is 3.86. The summed E-state index contributed by atoms with van der Waals surface area (Å²) >= 11 is 0. The van der Waals surface area contributed by atoms with Gasteiger partial charge in [-0.1, -0.05) is 36.3 Å². The van der Waals surface area contributed by atoms with Crippen LogP contribution in [0.15, 0.2) is 34.9 Å². The molecule has 0 aliphatic rings. The van der Waals surface area contributed by atoms with E-state index in [1.165, 1.54) is 11.1 Å². The summed E-state index contributed by atoms with van der Waals surface area (Å²) < 4.78 is 4.82. The zero-order chi connectivity index (χ0) is 11.4. The Morgan fingerprint density at radius 3 is 2.38 bits per heavy atom. The SMILES string of the molecule is CCc1ccc(CCc2cc(N)on2)cc1. The lowest BCUT2D eigenvalue weighted by Crippen LogP contribution is -1.92. The Balaban J connectivity index is 1.94. The van der Waals surface area contributed by atoms with Crippen LogP contribution in [-0.4, -0.2) is 5.16 Å². The van der Waals surface area contributed by atoms with Crippen LogP contribution < -0.4 is 5.73 Å². The van der Waals surface area contributed by atoms with Gasteiger partial charge in [0.1, 0.15) is 0 Å². The molecule has 0 aliphatic heterocycles. The summed E-state index contributed by atoms with van der Waals surface area (Å²) in [5.74, 6) is 0.385. The molecule has 0 atom stereocenters. The number of benzene rings is 1. The number of aryl methyl sites for hydroxylation is 3. The maximum atomic E-state index is 5.46. The lowest BCUT2D eigenvalue weighted by Gasteiger charge is -2.00. The highest BCUT2D eigenvalue weighted by molar-refractivity contribution is 5.26. The van der Waals surface area contributed by atoms with Crippen molar-refractivity contribution in [1.29, 1.82) is 0 Å². The molecule has 0 aliphatic carbocycles. The Hall–Kier alpha value is -1.77. The molecular formula is C13H16N2O. The molecule has 2 N–H and O–H groups in total. The van der Waals surface area contributed by atoms with Crippen molar-refractivity contribution >= 4 is 5.88 Å². The van der Waals surface area contributed by atoms with E-state index in [9.17, 15) is 0 Å². The van der Waals surface area contributed by atoms with Crippen molar-refractivity contribution in [3.8, 4) is 0 Å². The standard InChI is InChI=1S/C13H16N2O/c1-2-10-3-5-11(6-4-10)7-8-12-9-13(14)16-15-12/h3-6,9H,2,7-8,14H2,1H3. The van der Waals surface area contributed by atoms with Gasteiger partial charge >= 0.3 is 0 Å². The number of rotatable bonds is 4. The van der Waals surface area contributed by atoms with Gasteiger partial charge in [0.05, 0.1) is 5.69 Å². The van der Waals surface area contributed by atoms with Crippen LogP contribution in [0, 0.1) is 0 Å². The van der Waals surface area contributed by atoms with E-state index in [2.05, 4.69) is 36.3 Å². The van der Waals surface area contributed by atoms with Crippen LogP contribution in [0.5, 0.6) is 0 Å². The second kappa shape index (κ2) is 4.84. The largest absolute Gasteiger partial charge is 0.368 e. The second-order valence-electron chi connectivity index (χ2n) is 3.89. The van der Waals surface area contributed by atoms with Crippen LogP contribution in [0.2, 0.25) is 0 Å². The molecule has 0 saturated heterocycles. The topological polar surface area (TPSA) is 52.0 Å². The van der Waals surface area contributed by atoms with Gasteiger partial charge in [-0.25, -0.2) is 0 Å². The molecule has 84 valence electrons. The van der Waals surface area contributed by atoms with E-state index in [4.69, 9.17) is 10.3 Å². The molecule has 0 bridgehead atoms. The smallest absolute Gasteiger partial charge is 0.222 e. The van der Waals surface area contributed by atoms with Gasteiger partial charge in [0.15, 0.2) is 0 Å². The number of nitrogens with zero attached hydrogens (tertiary/aromatic N) is 1. The third-order valence-electron chi connectivity index (χ3n) is 2.68. The first-order valence-corrected chi connectivity index (χ1v) is 5.57. The average molecular weight is 216 g/mol. The highest BCUT2D eigenvalue weighted by Gasteiger charge is 2.01. The van der Waals surface area contributed by atoms with Crippen molar-refractivity contribution in [2.24, 2.45) is 0 Å². The highest BCUT2D eigenvalue weighted by Crippen LogP contribution is 2.10. The fraction of sp³-hybridized carbons (Fsp3) is 0.308. The van der Waals surface area contributed by atoms with E-state index >= 15 is 0 Å². The van der Waals surface area contributed by atoms with Crippen LogP contribution in [-0.2, 0) is 19.3 Å². The molecule has 0 radical (unpaired) electrons. The van der Waals surface area contributed by atoms with E-state index in [0.717, 1.165) is 25.0 Å². The summed E-state index contributed by atoms with van der Waals surface area (Å²) in [6, 6.07) is 10.5. The van der Waals surface area contributed by atoms with Gasteiger partial charge in [0, 0.05) is 6.07 Å². The zero-order valence-electron chi connectivity index (χ0n) is 9.44. The highest BCUT2D eigenvalue weighted by atomic mass is 16.5. The molecule has 0 unspecified atom stereocenters. The van der Waals surface area contributed by atoms with Crippen LogP contribution >= 0.6 is 0 Å². The van der Waals surface area contributed by atoms with Gasteiger partial charge in [-0.2, -0.15) is 0 Å². The fourth-order valence-electron chi connectivity index (χ4n) is 1.66. The van der Waals surface area contributed by atoms with E-state index < -0.39 is 0 Å². The van der Waals surface area contributed by atoms with Crippen LogP contribution in [0.3, 0.4) is 0 Å². The normalized spacial score (nSPS) is 10.6. The zero-order valence-corrected chi connectivity index (χ0v) is 9.44. The minimum Gasteiger partial charge on any atom is -0.368 e. The first-order valence-electron chi connectivity index (χ1n) is 5.57. The third-order valence-corrected chi connectivity index (χ3v) is 2.68. The Bertz CT molecular complexity index is 445. The molecule has 1 heterocycles. The van der Waals surface area contributed by atoms with E-state index in [1.807, 2.05) is 0 Å². The Morgan fingerprint density at radius 1 is 1.12 bits per heavy atom. The van der Waals surface area contributed by atoms with E-state index in [0.29, 0.717) is 5.88 Å². The van der Waals surface area contributed by atoms with Crippen molar-refractivity contribution in [3.05, 3.63) is 47.2 Å². The molecular weight excluding hydrogens is 200 g/mol. The summed E-state index contributed by atoms with van der Waals surface area (Å²) in [7, 11) is 0. The van der Waals surface area contributed by atoms with E-state index in [1.54, 1.807) is 6.07 Å². The molecule has 0 saturated carbocycles. The quantitative estimate of drug-likeness (QED) is 0.854. The molecule has 2 rings (SSSR count). The fourth-order valence-corrected chi connectivity index (χ4v) is 1.66. The van der Waals surface area contributed by atoms with Crippen molar-refractivity contribution in [2.45, 2.75) is 26.2 Å². The predicted octanol–water partition coefficient (Wildman–Crippen LogP) is 2.60. The summed E-state index contributed by atoms with van der Waals surface area (Å²) in [4.78, 5) is 0. The minimum absolute atomic E-state index is 0.385. The number of anilines is 1. The molecule has 2 aromatic rings. The summed E-state index contributed by atoms with van der Waals surface area (Å²) in [6.07, 6.45) is 2.92. The van der Waals surface area contributed by atoms with Gasteiger partial charge in [-0.05, 0) is 30.4 Å². The van der Waals surface area contributed by atoms with Gasteiger partial charge < -0.3 is 10.3 Å². The molecule has 3 heteroatoms. The molecule has 0 fully saturated rings. The molecule has 3 nitrogen and oxygen atoms in total. The number of hydrogen-bond acceptors (Lipinski definition) is 3. The molecule has 1 aromatic carbocycles. The van der Waals surface area contributed by atoms with Crippen molar-refractivity contribution in [2.75, 3.05) is 5.73 Å². The Labute approximate surface area is 95.3 Å². The lowest BCUT2D eigenvalue weighted by atomic mass is 10.1. The number of nitrogens with two attached hydrogens (primary N) is 1. The van der Waals surface area contributed by atoms with Gasteiger partial charge in [0.2, 0.25) is 5.88 Å². The number of nitrogen functional groups attached to an aromatic ring is 1. The van der Waals surface area contributed by atoms with Gasteiger partial charge in [0.25, 0.3) is 0 Å². The average Bonchev–Trinajstić information content (AvgIpc) is 2.73. The first-order chi connectivity index (χ1) is 7.78.